The Kier molecular flexibility index (Phi) is 6.74. The van der Waals surface area contributed by atoms with Crippen LogP contribution in [0.2, 0.25) is 0 Å². The summed E-state index contributed by atoms with van der Waals surface area (Å²) in [6, 6.07) is 10.3. The molecule has 2 aromatic heterocycles. The lowest BCUT2D eigenvalue weighted by Crippen LogP contribution is -2.32. The minimum Gasteiger partial charge on any atom is -0.487 e. The lowest BCUT2D eigenvalue weighted by Gasteiger charge is -2.26. The van der Waals surface area contributed by atoms with Crippen LogP contribution in [-0.2, 0) is 43.1 Å². The van der Waals surface area contributed by atoms with Crippen molar-refractivity contribution < 1.29 is 23.1 Å². The van der Waals surface area contributed by atoms with Crippen LogP contribution in [0, 0.1) is 6.92 Å². The maximum absolute atomic E-state index is 13.9. The first-order chi connectivity index (χ1) is 17.7. The van der Waals surface area contributed by atoms with Crippen molar-refractivity contribution in [3.05, 3.63) is 87.9 Å². The number of sulfonamides is 1. The van der Waals surface area contributed by atoms with E-state index in [1.807, 2.05) is 19.2 Å². The van der Waals surface area contributed by atoms with E-state index < -0.39 is 16.0 Å². The Bertz CT molecular complexity index is 1560. The van der Waals surface area contributed by atoms with Gasteiger partial charge in [0, 0.05) is 30.5 Å². The second-order valence-electron chi connectivity index (χ2n) is 8.95. The summed E-state index contributed by atoms with van der Waals surface area (Å²) in [6.07, 6.45) is 6.17. The number of aryl methyl sites for hydroxylation is 4. The third-order valence-corrected chi connectivity index (χ3v) is 9.46. The number of benzene rings is 2. The number of aromatic carboxylic acids is 1. The van der Waals surface area contributed by atoms with Gasteiger partial charge in [0.1, 0.15) is 18.2 Å². The van der Waals surface area contributed by atoms with Crippen molar-refractivity contribution >= 4 is 33.0 Å². The molecule has 0 atom stereocenters. The maximum Gasteiger partial charge on any atom is 0.335 e. The summed E-state index contributed by atoms with van der Waals surface area (Å²) < 4.78 is 37.2. The van der Waals surface area contributed by atoms with Crippen molar-refractivity contribution in [1.29, 1.82) is 0 Å². The number of rotatable bonds is 9. The monoisotopic (exact) mass is 538 g/mol. The first kappa shape index (κ1) is 25.0. The molecule has 0 saturated carbocycles. The number of ether oxygens (including phenoxy) is 1. The van der Waals surface area contributed by atoms with Gasteiger partial charge < -0.3 is 14.4 Å². The molecule has 0 radical (unpaired) electrons. The molecular weight excluding hydrogens is 512 g/mol. The summed E-state index contributed by atoms with van der Waals surface area (Å²) in [4.78, 5) is 19.8. The van der Waals surface area contributed by atoms with E-state index in [4.69, 9.17) is 9.84 Å². The van der Waals surface area contributed by atoms with Gasteiger partial charge in [0.2, 0.25) is 4.34 Å². The van der Waals surface area contributed by atoms with Crippen LogP contribution < -0.4 is 9.04 Å². The van der Waals surface area contributed by atoms with E-state index in [2.05, 4.69) is 9.97 Å². The lowest BCUT2D eigenvalue weighted by molar-refractivity contribution is 0.0697. The molecule has 5 rings (SSSR count). The third-order valence-electron chi connectivity index (χ3n) is 6.35. The van der Waals surface area contributed by atoms with Crippen molar-refractivity contribution in [1.82, 2.24) is 14.5 Å². The number of thiazole rings is 1. The van der Waals surface area contributed by atoms with E-state index in [1.165, 1.54) is 16.4 Å². The maximum atomic E-state index is 13.9. The average molecular weight is 539 g/mol. The van der Waals surface area contributed by atoms with E-state index in [1.54, 1.807) is 41.4 Å². The van der Waals surface area contributed by atoms with Crippen molar-refractivity contribution in [2.75, 3.05) is 4.31 Å². The van der Waals surface area contributed by atoms with Crippen LogP contribution in [0.15, 0.2) is 58.5 Å². The fourth-order valence-corrected chi connectivity index (χ4v) is 6.88. The van der Waals surface area contributed by atoms with E-state index in [9.17, 15) is 13.2 Å². The summed E-state index contributed by atoms with van der Waals surface area (Å²) in [6.45, 7) is 1.92. The SMILES string of the molecule is Cc1csc(S(=O)(=O)N(Cc2nccn2C)c2cc3c(cc2OCc2ccc(C(=O)O)cc2)CCC3)n1. The Balaban J connectivity index is 1.57. The molecule has 9 nitrogen and oxygen atoms in total. The van der Waals surface area contributed by atoms with Crippen LogP contribution in [-0.4, -0.2) is 34.0 Å². The molecule has 37 heavy (non-hydrogen) atoms. The topological polar surface area (TPSA) is 115 Å². The Hall–Kier alpha value is -3.70. The Labute approximate surface area is 219 Å². The molecule has 1 aliphatic rings. The number of hydrogen-bond donors (Lipinski definition) is 1. The van der Waals surface area contributed by atoms with Crippen LogP contribution in [0.5, 0.6) is 5.75 Å². The highest BCUT2D eigenvalue weighted by Gasteiger charge is 2.32. The van der Waals surface area contributed by atoms with Gasteiger partial charge in [-0.05, 0) is 67.1 Å². The molecule has 0 fully saturated rings. The largest absolute Gasteiger partial charge is 0.487 e. The van der Waals surface area contributed by atoms with Crippen LogP contribution in [0.4, 0.5) is 5.69 Å². The standard InChI is InChI=1S/C26H26N4O5S2/c1-17-16-36-26(28-17)37(33,34)30(14-24-27-10-11-29(24)2)22-12-20-4-3-5-21(20)13-23(22)35-15-18-6-8-19(9-7-18)25(31)32/h6-13,16H,3-5,14-15H2,1-2H3,(H,31,32). The van der Waals surface area contributed by atoms with Crippen molar-refractivity contribution in [2.45, 2.75) is 43.7 Å². The van der Waals surface area contributed by atoms with Gasteiger partial charge in [0.25, 0.3) is 10.0 Å². The van der Waals surface area contributed by atoms with Crippen LogP contribution in [0.1, 0.15) is 45.0 Å². The zero-order valence-corrected chi connectivity index (χ0v) is 22.1. The predicted octanol–water partition coefficient (Wildman–Crippen LogP) is 4.35. The quantitative estimate of drug-likeness (QED) is 0.337. The summed E-state index contributed by atoms with van der Waals surface area (Å²) in [7, 11) is -2.20. The van der Waals surface area contributed by atoms with E-state index >= 15 is 0 Å². The Morgan fingerprint density at radius 3 is 2.54 bits per heavy atom. The highest BCUT2D eigenvalue weighted by Crippen LogP contribution is 2.39. The molecule has 4 aromatic rings. The molecular formula is C26H26N4O5S2. The molecule has 0 bridgehead atoms. The fraction of sp³-hybridized carbons (Fsp3) is 0.269. The number of aromatic nitrogens is 3. The van der Waals surface area contributed by atoms with E-state index in [-0.39, 0.29) is 23.1 Å². The van der Waals surface area contributed by atoms with Gasteiger partial charge in [-0.15, -0.1) is 11.3 Å². The van der Waals surface area contributed by atoms with Gasteiger partial charge in [-0.3, -0.25) is 4.31 Å². The molecule has 1 aliphatic carbocycles. The second-order valence-corrected chi connectivity index (χ2v) is 11.8. The van der Waals surface area contributed by atoms with Crippen molar-refractivity contribution in [2.24, 2.45) is 7.05 Å². The van der Waals surface area contributed by atoms with E-state index in [0.29, 0.717) is 23.0 Å². The number of carbonyl (C=O) groups is 1. The van der Waals surface area contributed by atoms with Gasteiger partial charge in [-0.1, -0.05) is 12.1 Å². The van der Waals surface area contributed by atoms with Crippen LogP contribution in [0.3, 0.4) is 0 Å². The normalized spacial score (nSPS) is 12.9. The summed E-state index contributed by atoms with van der Waals surface area (Å²) in [5.74, 6) is 0.0162. The number of hydrogen-bond acceptors (Lipinski definition) is 7. The number of anilines is 1. The molecule has 11 heteroatoms. The van der Waals surface area contributed by atoms with Crippen LogP contribution in [0.25, 0.3) is 0 Å². The predicted molar refractivity (Wildman–Crippen MR) is 140 cm³/mol. The summed E-state index contributed by atoms with van der Waals surface area (Å²) >= 11 is 1.08. The molecule has 2 aromatic carbocycles. The van der Waals surface area contributed by atoms with Crippen molar-refractivity contribution in [3.63, 3.8) is 0 Å². The number of fused-ring (bicyclic) bond motifs is 1. The zero-order chi connectivity index (χ0) is 26.2. The fourth-order valence-electron chi connectivity index (χ4n) is 4.33. The van der Waals surface area contributed by atoms with Gasteiger partial charge in [-0.2, -0.15) is 8.42 Å². The zero-order valence-electron chi connectivity index (χ0n) is 20.4. The first-order valence-electron chi connectivity index (χ1n) is 11.7. The molecule has 2 heterocycles. The summed E-state index contributed by atoms with van der Waals surface area (Å²) in [5, 5.41) is 10.9. The molecule has 0 spiro atoms. The second kappa shape index (κ2) is 9.98. The first-order valence-corrected chi connectivity index (χ1v) is 14.1. The molecule has 0 amide bonds. The highest BCUT2D eigenvalue weighted by atomic mass is 32.2. The molecule has 0 saturated heterocycles. The summed E-state index contributed by atoms with van der Waals surface area (Å²) in [5.41, 5.74) is 4.26. The number of carboxylic acid groups (broad SMARTS) is 1. The van der Waals surface area contributed by atoms with Crippen molar-refractivity contribution in [3.8, 4) is 5.75 Å². The molecule has 0 unspecified atom stereocenters. The van der Waals surface area contributed by atoms with Gasteiger partial charge >= 0.3 is 5.97 Å². The molecule has 192 valence electrons. The average Bonchev–Trinajstić information content (AvgIpc) is 3.62. The smallest absolute Gasteiger partial charge is 0.335 e. The number of nitrogens with zero attached hydrogens (tertiary/aromatic N) is 4. The lowest BCUT2D eigenvalue weighted by atomic mass is 10.1. The Morgan fingerprint density at radius 2 is 1.92 bits per heavy atom. The minimum absolute atomic E-state index is 0.00686. The highest BCUT2D eigenvalue weighted by molar-refractivity contribution is 7.94. The Morgan fingerprint density at radius 1 is 1.19 bits per heavy atom. The number of imidazole rings is 1. The van der Waals surface area contributed by atoms with Gasteiger partial charge in [0.05, 0.1) is 17.8 Å². The van der Waals surface area contributed by atoms with Crippen LogP contribution >= 0.6 is 11.3 Å². The third kappa shape index (κ3) is 5.09. The van der Waals surface area contributed by atoms with Gasteiger partial charge in [0.15, 0.2) is 0 Å². The molecule has 0 aliphatic heterocycles. The van der Waals surface area contributed by atoms with Gasteiger partial charge in [-0.25, -0.2) is 14.8 Å². The minimum atomic E-state index is -4.02. The van der Waals surface area contributed by atoms with E-state index in [0.717, 1.165) is 47.3 Å². The molecule has 1 N–H and O–H groups in total. The number of carboxylic acids is 1.